The number of sulfone groups is 1. The number of rotatable bonds is 5. The monoisotopic (exact) mass is 426 g/mol. The lowest BCUT2D eigenvalue weighted by molar-refractivity contribution is -0.117. The van der Waals surface area contributed by atoms with E-state index in [0.717, 1.165) is 42.6 Å². The predicted octanol–water partition coefficient (Wildman–Crippen LogP) is 3.28. The first-order valence-corrected chi connectivity index (χ1v) is 12.0. The third kappa shape index (κ3) is 4.12. The number of nitrogens with zero attached hydrogens (tertiary/aromatic N) is 1. The van der Waals surface area contributed by atoms with E-state index in [1.807, 2.05) is 12.1 Å². The van der Waals surface area contributed by atoms with Crippen LogP contribution < -0.4 is 10.2 Å². The van der Waals surface area contributed by atoms with E-state index in [-0.39, 0.29) is 28.9 Å². The molecular formula is C23H26N2O4S. The Kier molecular flexibility index (Phi) is 5.64. The number of aryl methyl sites for hydroxylation is 1. The van der Waals surface area contributed by atoms with Crippen molar-refractivity contribution in [1.29, 1.82) is 0 Å². The zero-order chi connectivity index (χ0) is 21.3. The van der Waals surface area contributed by atoms with Crippen LogP contribution in [0.15, 0.2) is 41.3 Å². The van der Waals surface area contributed by atoms with Gasteiger partial charge in [-0.25, -0.2) is 8.42 Å². The molecule has 0 bridgehead atoms. The Bertz CT molecular complexity index is 1110. The summed E-state index contributed by atoms with van der Waals surface area (Å²) >= 11 is 0. The molecule has 2 aromatic carbocycles. The summed E-state index contributed by atoms with van der Waals surface area (Å²) in [5.74, 6) is -0.589. The van der Waals surface area contributed by atoms with Crippen LogP contribution >= 0.6 is 0 Å². The molecule has 7 heteroatoms. The van der Waals surface area contributed by atoms with E-state index >= 15 is 0 Å². The third-order valence-electron chi connectivity index (χ3n) is 5.95. The third-order valence-corrected chi connectivity index (χ3v) is 7.67. The fourth-order valence-electron chi connectivity index (χ4n) is 4.35. The molecule has 0 spiro atoms. The predicted molar refractivity (Wildman–Crippen MR) is 117 cm³/mol. The van der Waals surface area contributed by atoms with Crippen molar-refractivity contribution in [3.63, 3.8) is 0 Å². The van der Waals surface area contributed by atoms with Crippen LogP contribution in [0, 0.1) is 0 Å². The Labute approximate surface area is 177 Å². The number of anilines is 2. The number of carbonyl (C=O) groups excluding carboxylic acids is 2. The Morgan fingerprint density at radius 3 is 2.63 bits per heavy atom. The smallest absolute Gasteiger partial charge is 0.225 e. The standard InChI is InChI=1S/C23H26N2O4S/c1-16(26)25-13-11-18-15-19(9-10-22(18)25)30(28,29)14-12-23(27)24-21-8-4-6-17-5-2-3-7-20(17)21/h4,6,8-10,15H,2-3,5,7,11-14H2,1H3,(H,24,27). The van der Waals surface area contributed by atoms with Gasteiger partial charge in [-0.1, -0.05) is 12.1 Å². The van der Waals surface area contributed by atoms with Crippen molar-refractivity contribution in [2.75, 3.05) is 22.5 Å². The zero-order valence-corrected chi connectivity index (χ0v) is 17.9. The van der Waals surface area contributed by atoms with E-state index in [2.05, 4.69) is 11.4 Å². The topological polar surface area (TPSA) is 83.6 Å². The van der Waals surface area contributed by atoms with Crippen molar-refractivity contribution in [1.82, 2.24) is 0 Å². The second-order valence-corrected chi connectivity index (χ2v) is 10.1. The number of nitrogens with one attached hydrogen (secondary N) is 1. The maximum Gasteiger partial charge on any atom is 0.225 e. The molecule has 0 aromatic heterocycles. The second-order valence-electron chi connectivity index (χ2n) is 7.98. The molecule has 0 unspecified atom stereocenters. The number of amides is 2. The van der Waals surface area contributed by atoms with Crippen molar-refractivity contribution in [2.24, 2.45) is 0 Å². The van der Waals surface area contributed by atoms with Crippen molar-refractivity contribution < 1.29 is 18.0 Å². The second kappa shape index (κ2) is 8.22. The van der Waals surface area contributed by atoms with Crippen LogP contribution in [-0.2, 0) is 38.7 Å². The average Bonchev–Trinajstić information content (AvgIpc) is 3.16. The Balaban J connectivity index is 1.42. The van der Waals surface area contributed by atoms with Gasteiger partial charge >= 0.3 is 0 Å². The van der Waals surface area contributed by atoms with E-state index in [1.165, 1.54) is 24.1 Å². The Morgan fingerprint density at radius 2 is 1.83 bits per heavy atom. The molecular weight excluding hydrogens is 400 g/mol. The molecule has 0 saturated carbocycles. The van der Waals surface area contributed by atoms with Gasteiger partial charge in [0, 0.05) is 31.3 Å². The highest BCUT2D eigenvalue weighted by atomic mass is 32.2. The molecule has 4 rings (SSSR count). The van der Waals surface area contributed by atoms with E-state index in [4.69, 9.17) is 0 Å². The SMILES string of the molecule is CC(=O)N1CCc2cc(S(=O)(=O)CCC(=O)Nc3cccc4c3CCCC4)ccc21. The van der Waals surface area contributed by atoms with Crippen LogP contribution in [-0.4, -0.2) is 32.5 Å². The van der Waals surface area contributed by atoms with Gasteiger partial charge in [0.1, 0.15) is 0 Å². The highest BCUT2D eigenvalue weighted by Crippen LogP contribution is 2.31. The highest BCUT2D eigenvalue weighted by molar-refractivity contribution is 7.91. The molecule has 2 aromatic rings. The Hall–Kier alpha value is -2.67. The molecule has 0 atom stereocenters. The van der Waals surface area contributed by atoms with Crippen molar-refractivity contribution in [3.05, 3.63) is 53.1 Å². The first-order valence-electron chi connectivity index (χ1n) is 10.4. The van der Waals surface area contributed by atoms with E-state index < -0.39 is 9.84 Å². The molecule has 1 aliphatic carbocycles. The summed E-state index contributed by atoms with van der Waals surface area (Å²) in [5, 5.41) is 2.91. The molecule has 0 radical (unpaired) electrons. The summed E-state index contributed by atoms with van der Waals surface area (Å²) in [6.07, 6.45) is 4.77. The van der Waals surface area contributed by atoms with Gasteiger partial charge in [0.25, 0.3) is 0 Å². The van der Waals surface area contributed by atoms with Gasteiger partial charge in [-0.05, 0) is 73.1 Å². The van der Waals surface area contributed by atoms with E-state index in [0.29, 0.717) is 13.0 Å². The number of carbonyl (C=O) groups is 2. The molecule has 2 amide bonds. The first-order chi connectivity index (χ1) is 14.3. The lowest BCUT2D eigenvalue weighted by atomic mass is 9.90. The number of hydrogen-bond donors (Lipinski definition) is 1. The molecule has 2 aliphatic rings. The lowest BCUT2D eigenvalue weighted by Crippen LogP contribution is -2.25. The van der Waals surface area contributed by atoms with Gasteiger partial charge in [0.2, 0.25) is 11.8 Å². The highest BCUT2D eigenvalue weighted by Gasteiger charge is 2.25. The quantitative estimate of drug-likeness (QED) is 0.795. The number of hydrogen-bond acceptors (Lipinski definition) is 4. The molecule has 0 saturated heterocycles. The minimum atomic E-state index is -3.59. The number of benzene rings is 2. The van der Waals surface area contributed by atoms with Gasteiger partial charge in [-0.3, -0.25) is 9.59 Å². The van der Waals surface area contributed by atoms with Gasteiger partial charge in [0.05, 0.1) is 10.6 Å². The average molecular weight is 427 g/mol. The molecule has 6 nitrogen and oxygen atoms in total. The minimum Gasteiger partial charge on any atom is -0.326 e. The maximum absolute atomic E-state index is 12.8. The van der Waals surface area contributed by atoms with Crippen LogP contribution in [0.25, 0.3) is 0 Å². The maximum atomic E-state index is 12.8. The van der Waals surface area contributed by atoms with Gasteiger partial charge in [-0.15, -0.1) is 0 Å². The first kappa shape index (κ1) is 20.6. The lowest BCUT2D eigenvalue weighted by Gasteiger charge is -2.19. The summed E-state index contributed by atoms with van der Waals surface area (Å²) in [5.41, 5.74) is 4.87. The Morgan fingerprint density at radius 1 is 1.03 bits per heavy atom. The molecule has 158 valence electrons. The molecule has 30 heavy (non-hydrogen) atoms. The summed E-state index contributed by atoms with van der Waals surface area (Å²) in [6.45, 7) is 2.07. The van der Waals surface area contributed by atoms with Gasteiger partial charge in [-0.2, -0.15) is 0 Å². The summed E-state index contributed by atoms with van der Waals surface area (Å²) in [4.78, 5) is 26.0. The number of fused-ring (bicyclic) bond motifs is 2. The van der Waals surface area contributed by atoms with Gasteiger partial charge in [0.15, 0.2) is 9.84 Å². The minimum absolute atomic E-state index is 0.0517. The van der Waals surface area contributed by atoms with E-state index in [1.54, 1.807) is 17.0 Å². The summed E-state index contributed by atoms with van der Waals surface area (Å²) in [6, 6.07) is 10.8. The van der Waals surface area contributed by atoms with Crippen LogP contribution in [0.4, 0.5) is 11.4 Å². The van der Waals surface area contributed by atoms with Gasteiger partial charge < -0.3 is 10.2 Å². The van der Waals surface area contributed by atoms with Crippen molar-refractivity contribution in [3.8, 4) is 0 Å². The van der Waals surface area contributed by atoms with Crippen molar-refractivity contribution >= 4 is 33.0 Å². The molecule has 1 aliphatic heterocycles. The molecule has 1 heterocycles. The van der Waals surface area contributed by atoms with Crippen LogP contribution in [0.3, 0.4) is 0 Å². The largest absolute Gasteiger partial charge is 0.326 e. The van der Waals surface area contributed by atoms with Crippen LogP contribution in [0.2, 0.25) is 0 Å². The summed E-state index contributed by atoms with van der Waals surface area (Å²) < 4.78 is 25.6. The zero-order valence-electron chi connectivity index (χ0n) is 17.1. The molecule has 0 fully saturated rings. The molecule has 1 N–H and O–H groups in total. The van der Waals surface area contributed by atoms with Crippen LogP contribution in [0.5, 0.6) is 0 Å². The normalized spacial score (nSPS) is 15.4. The van der Waals surface area contributed by atoms with Crippen LogP contribution in [0.1, 0.15) is 42.9 Å². The fraction of sp³-hybridized carbons (Fsp3) is 0.391. The fourth-order valence-corrected chi connectivity index (χ4v) is 5.64. The van der Waals surface area contributed by atoms with Crippen molar-refractivity contribution in [2.45, 2.75) is 50.3 Å². The van der Waals surface area contributed by atoms with E-state index in [9.17, 15) is 18.0 Å². The summed E-state index contributed by atoms with van der Waals surface area (Å²) in [7, 11) is -3.59.